The van der Waals surface area contributed by atoms with Gasteiger partial charge in [0.2, 0.25) is 5.91 Å². The lowest BCUT2D eigenvalue weighted by Crippen LogP contribution is -2.08. The fourth-order valence-corrected chi connectivity index (χ4v) is 2.70. The molecule has 1 amide bonds. The minimum Gasteiger partial charge on any atom is -0.493 e. The summed E-state index contributed by atoms with van der Waals surface area (Å²) in [7, 11) is 3.15. The van der Waals surface area contributed by atoms with Gasteiger partial charge in [0, 0.05) is 17.5 Å². The number of carbonyl (C=O) groups is 1. The number of amides is 1. The fourth-order valence-electron chi connectivity index (χ4n) is 2.70. The number of hydrogen-bond acceptors (Lipinski definition) is 5. The second-order valence-electron chi connectivity index (χ2n) is 6.26. The van der Waals surface area contributed by atoms with Crippen molar-refractivity contribution in [2.75, 3.05) is 19.5 Å². The second kappa shape index (κ2) is 7.90. The Labute approximate surface area is 157 Å². The van der Waals surface area contributed by atoms with E-state index in [1.807, 2.05) is 30.7 Å². The van der Waals surface area contributed by atoms with Gasteiger partial charge in [0.25, 0.3) is 0 Å². The molecule has 0 saturated heterocycles. The number of pyridine rings is 1. The maximum absolute atomic E-state index is 12.2. The second-order valence-corrected chi connectivity index (χ2v) is 6.26. The Morgan fingerprint density at radius 3 is 2.63 bits per heavy atom. The van der Waals surface area contributed by atoms with Crippen LogP contribution in [0.25, 0.3) is 17.1 Å². The van der Waals surface area contributed by atoms with Gasteiger partial charge in [-0.05, 0) is 43.7 Å². The van der Waals surface area contributed by atoms with Crippen LogP contribution in [0.2, 0.25) is 0 Å². The summed E-state index contributed by atoms with van der Waals surface area (Å²) in [6, 6.07) is 7.52. The summed E-state index contributed by atoms with van der Waals surface area (Å²) in [5, 5.41) is 8.02. The van der Waals surface area contributed by atoms with E-state index in [0.717, 1.165) is 16.6 Å². The van der Waals surface area contributed by atoms with Gasteiger partial charge in [0.05, 0.1) is 32.3 Å². The van der Waals surface area contributed by atoms with Crippen molar-refractivity contribution in [2.24, 2.45) is 0 Å². The summed E-state index contributed by atoms with van der Waals surface area (Å²) in [5.41, 5.74) is 2.24. The number of rotatable bonds is 6. The van der Waals surface area contributed by atoms with Gasteiger partial charge in [-0.2, -0.15) is 5.10 Å². The zero-order valence-electron chi connectivity index (χ0n) is 15.8. The topological polar surface area (TPSA) is 78.3 Å². The molecule has 3 rings (SSSR count). The van der Waals surface area contributed by atoms with Crippen molar-refractivity contribution < 1.29 is 14.3 Å². The number of anilines is 1. The lowest BCUT2D eigenvalue weighted by molar-refractivity contribution is -0.111. The maximum Gasteiger partial charge on any atom is 0.248 e. The van der Waals surface area contributed by atoms with Gasteiger partial charge in [-0.25, -0.2) is 9.67 Å². The van der Waals surface area contributed by atoms with E-state index < -0.39 is 0 Å². The van der Waals surface area contributed by atoms with Gasteiger partial charge in [0.1, 0.15) is 0 Å². The van der Waals surface area contributed by atoms with Crippen LogP contribution in [0, 0.1) is 0 Å². The molecule has 0 aliphatic rings. The van der Waals surface area contributed by atoms with Gasteiger partial charge < -0.3 is 14.8 Å². The van der Waals surface area contributed by atoms with Gasteiger partial charge in [0.15, 0.2) is 17.1 Å². The molecular formula is C20H22N4O3. The normalized spacial score (nSPS) is 11.3. The molecule has 3 aromatic rings. The number of nitrogens with zero attached hydrogens (tertiary/aromatic N) is 3. The highest BCUT2D eigenvalue weighted by Crippen LogP contribution is 2.28. The summed E-state index contributed by atoms with van der Waals surface area (Å²) < 4.78 is 12.3. The number of carbonyl (C=O) groups excluding carboxylic acids is 1. The Morgan fingerprint density at radius 1 is 1.15 bits per heavy atom. The number of hydrogen-bond donors (Lipinski definition) is 1. The van der Waals surface area contributed by atoms with Crippen molar-refractivity contribution in [1.82, 2.24) is 14.8 Å². The lowest BCUT2D eigenvalue weighted by Gasteiger charge is -2.08. The molecule has 2 heterocycles. The van der Waals surface area contributed by atoms with E-state index in [1.165, 1.54) is 6.08 Å². The van der Waals surface area contributed by atoms with Crippen LogP contribution in [-0.4, -0.2) is 34.9 Å². The van der Waals surface area contributed by atoms with Crippen LogP contribution < -0.4 is 14.8 Å². The molecule has 0 unspecified atom stereocenters. The van der Waals surface area contributed by atoms with Crippen LogP contribution in [0.5, 0.6) is 11.5 Å². The Bertz CT molecular complexity index is 992. The average Bonchev–Trinajstić information content (AvgIpc) is 3.09. The number of methoxy groups -OCH3 is 2. The van der Waals surface area contributed by atoms with Crippen molar-refractivity contribution in [3.63, 3.8) is 0 Å². The molecule has 140 valence electrons. The van der Waals surface area contributed by atoms with Crippen molar-refractivity contribution in [3.05, 3.63) is 48.3 Å². The van der Waals surface area contributed by atoms with Crippen LogP contribution in [0.15, 0.2) is 42.7 Å². The molecule has 0 spiro atoms. The third-order valence-corrected chi connectivity index (χ3v) is 4.02. The molecule has 1 N–H and O–H groups in total. The zero-order chi connectivity index (χ0) is 19.4. The minimum absolute atomic E-state index is 0.222. The van der Waals surface area contributed by atoms with Crippen molar-refractivity contribution in [1.29, 1.82) is 0 Å². The smallest absolute Gasteiger partial charge is 0.248 e. The van der Waals surface area contributed by atoms with E-state index >= 15 is 0 Å². The molecule has 27 heavy (non-hydrogen) atoms. The number of fused-ring (bicyclic) bond motifs is 1. The Hall–Kier alpha value is -3.35. The third kappa shape index (κ3) is 4.08. The summed E-state index contributed by atoms with van der Waals surface area (Å²) in [6.45, 7) is 4.09. The zero-order valence-corrected chi connectivity index (χ0v) is 15.8. The SMILES string of the molecule is COc1ccc(/C=C/C(=O)Nc2cnc3c(cnn3C(C)C)c2)cc1OC. The van der Waals surface area contributed by atoms with Gasteiger partial charge >= 0.3 is 0 Å². The van der Waals surface area contributed by atoms with Crippen molar-refractivity contribution in [2.45, 2.75) is 19.9 Å². The van der Waals surface area contributed by atoms with Crippen LogP contribution in [0.3, 0.4) is 0 Å². The first-order chi connectivity index (χ1) is 13.0. The first-order valence-electron chi connectivity index (χ1n) is 8.56. The van der Waals surface area contributed by atoms with Crippen LogP contribution in [0.4, 0.5) is 5.69 Å². The lowest BCUT2D eigenvalue weighted by atomic mass is 10.2. The van der Waals surface area contributed by atoms with Gasteiger partial charge in [-0.3, -0.25) is 4.79 Å². The third-order valence-electron chi connectivity index (χ3n) is 4.02. The minimum atomic E-state index is -0.248. The largest absolute Gasteiger partial charge is 0.493 e. The van der Waals surface area contributed by atoms with E-state index in [2.05, 4.69) is 15.4 Å². The highest BCUT2D eigenvalue weighted by atomic mass is 16.5. The highest BCUT2D eigenvalue weighted by Gasteiger charge is 2.09. The van der Waals surface area contributed by atoms with Crippen LogP contribution >= 0.6 is 0 Å². The summed E-state index contributed by atoms with van der Waals surface area (Å²) >= 11 is 0. The molecule has 1 aromatic carbocycles. The molecular weight excluding hydrogens is 344 g/mol. The molecule has 0 aliphatic heterocycles. The molecule has 2 aromatic heterocycles. The monoisotopic (exact) mass is 366 g/mol. The number of benzene rings is 1. The molecule has 0 fully saturated rings. The Morgan fingerprint density at radius 2 is 1.93 bits per heavy atom. The number of ether oxygens (including phenoxy) is 2. The molecule has 0 bridgehead atoms. The standard InChI is InChI=1S/C20H22N4O3/c1-13(2)24-20-15(11-22-24)10-16(12-21-20)23-19(25)8-6-14-5-7-17(26-3)18(9-14)27-4/h5-13H,1-4H3,(H,23,25)/b8-6+. The van der Waals surface area contributed by atoms with E-state index in [4.69, 9.17) is 9.47 Å². The molecule has 0 atom stereocenters. The summed E-state index contributed by atoms with van der Waals surface area (Å²) in [4.78, 5) is 16.6. The molecule has 0 aliphatic carbocycles. The molecule has 0 radical (unpaired) electrons. The highest BCUT2D eigenvalue weighted by molar-refractivity contribution is 6.02. The van der Waals surface area contributed by atoms with Crippen molar-refractivity contribution in [3.8, 4) is 11.5 Å². The first-order valence-corrected chi connectivity index (χ1v) is 8.56. The Balaban J connectivity index is 1.72. The van der Waals surface area contributed by atoms with Crippen molar-refractivity contribution >= 4 is 28.7 Å². The first kappa shape index (κ1) is 18.4. The molecule has 7 nitrogen and oxygen atoms in total. The van der Waals surface area contributed by atoms with E-state index in [9.17, 15) is 4.79 Å². The van der Waals surface area contributed by atoms with E-state index in [-0.39, 0.29) is 11.9 Å². The summed E-state index contributed by atoms with van der Waals surface area (Å²) in [6.07, 6.45) is 6.55. The molecule has 0 saturated carbocycles. The number of nitrogens with one attached hydrogen (secondary N) is 1. The van der Waals surface area contributed by atoms with E-state index in [0.29, 0.717) is 17.2 Å². The summed E-state index contributed by atoms with van der Waals surface area (Å²) in [5.74, 6) is 1.000. The van der Waals surface area contributed by atoms with Crippen LogP contribution in [-0.2, 0) is 4.79 Å². The Kier molecular flexibility index (Phi) is 5.40. The van der Waals surface area contributed by atoms with Crippen LogP contribution in [0.1, 0.15) is 25.5 Å². The average molecular weight is 366 g/mol. The predicted molar refractivity (Wildman–Crippen MR) is 105 cm³/mol. The fraction of sp³-hybridized carbons (Fsp3) is 0.250. The van der Waals surface area contributed by atoms with E-state index in [1.54, 1.807) is 44.8 Å². The van der Waals surface area contributed by atoms with Gasteiger partial charge in [-0.15, -0.1) is 0 Å². The quantitative estimate of drug-likeness (QED) is 0.673. The molecule has 7 heteroatoms. The number of aromatic nitrogens is 3. The predicted octanol–water partition coefficient (Wildman–Crippen LogP) is 3.68. The maximum atomic E-state index is 12.2. The van der Waals surface area contributed by atoms with Gasteiger partial charge in [-0.1, -0.05) is 6.07 Å².